The van der Waals surface area contributed by atoms with Crippen LogP contribution >= 0.6 is 0 Å². The predicted octanol–water partition coefficient (Wildman–Crippen LogP) is 9.15. The standard InChI is InChI=1S/C52H60FN7O9S/c1-3-67-50-46(26-39-40(53)27-54-48(39)56-50)69-44-23-33(58-21-19-52(20-22-58)29-59(30-52)42-10-6-9-37(42)36-8-5-4-7-35(36)31-11-12-31)13-14-38(44)49(61)57-70(65,66)34-24-43(60(63)64)47-45(25-34)68-28-41(55-47)32-15-17-51(2,62)18-16-32/h4-5,7-8,13-14,23-27,31-32,37,41-42,55,62H,3,6,9-12,15-22,28-30H2,1-2H3,(H,54,56)(H,57,61)/t32-,37-,41-,42?,51-/m1/s1. The van der Waals surface area contributed by atoms with E-state index in [-0.39, 0.29) is 76.0 Å². The number of likely N-dealkylation sites (tertiary alicyclic amines) is 1. The number of hydrogen-bond donors (Lipinski definition) is 4. The van der Waals surface area contributed by atoms with E-state index in [9.17, 15) is 32.8 Å². The minimum atomic E-state index is -4.75. The van der Waals surface area contributed by atoms with Crippen molar-refractivity contribution in [2.24, 2.45) is 11.3 Å². The number of nitro benzene ring substituents is 1. The molecule has 3 aliphatic heterocycles. The Morgan fingerprint density at radius 1 is 1.00 bits per heavy atom. The molecule has 4 N–H and O–H groups in total. The van der Waals surface area contributed by atoms with Crippen molar-refractivity contribution in [3.05, 3.63) is 99.5 Å². The lowest BCUT2D eigenvalue weighted by atomic mass is 9.70. The Labute approximate surface area is 406 Å². The Balaban J connectivity index is 0.833. The van der Waals surface area contributed by atoms with E-state index in [2.05, 4.69) is 54.1 Å². The highest BCUT2D eigenvalue weighted by Crippen LogP contribution is 2.51. The molecular formula is C52H60FN7O9S. The molecule has 5 fully saturated rings. The Hall–Kier alpha value is -5.98. The highest BCUT2D eigenvalue weighted by Gasteiger charge is 2.50. The fraction of sp³-hybridized carbons (Fsp3) is 0.500. The van der Waals surface area contributed by atoms with E-state index in [0.717, 1.165) is 56.7 Å². The van der Waals surface area contributed by atoms with Crippen molar-refractivity contribution in [2.75, 3.05) is 49.6 Å². The van der Waals surface area contributed by atoms with Crippen molar-refractivity contribution in [1.82, 2.24) is 19.6 Å². The van der Waals surface area contributed by atoms with E-state index in [0.29, 0.717) is 37.6 Å². The Bertz CT molecular complexity index is 2950. The molecule has 3 atom stereocenters. The summed E-state index contributed by atoms with van der Waals surface area (Å²) in [6, 6.07) is 17.8. The lowest BCUT2D eigenvalue weighted by molar-refractivity contribution is -0.384. The molecule has 0 radical (unpaired) electrons. The molecule has 6 aliphatic rings. The summed E-state index contributed by atoms with van der Waals surface area (Å²) in [7, 11) is -4.75. The normalized spacial score (nSPS) is 25.4. The number of hydrogen-bond acceptors (Lipinski definition) is 13. The van der Waals surface area contributed by atoms with Crippen molar-refractivity contribution in [3.63, 3.8) is 0 Å². The molecule has 5 aromatic rings. The van der Waals surface area contributed by atoms with Crippen molar-refractivity contribution in [3.8, 4) is 23.1 Å². The number of H-pyrrole nitrogens is 1. The molecular weight excluding hydrogens is 918 g/mol. The van der Waals surface area contributed by atoms with Gasteiger partial charge in [0.2, 0.25) is 0 Å². The van der Waals surface area contributed by atoms with Gasteiger partial charge in [-0.3, -0.25) is 19.8 Å². The van der Waals surface area contributed by atoms with Gasteiger partial charge in [-0.05, 0) is 124 Å². The fourth-order valence-corrected chi connectivity index (χ4v) is 13.0. The highest BCUT2D eigenvalue weighted by molar-refractivity contribution is 7.90. The molecule has 3 aromatic carbocycles. The number of anilines is 2. The lowest BCUT2D eigenvalue weighted by Gasteiger charge is -2.57. The average Bonchev–Trinajstić information content (AvgIpc) is 3.97. The largest absolute Gasteiger partial charge is 0.489 e. The number of aliphatic hydroxyl groups is 1. The van der Waals surface area contributed by atoms with Gasteiger partial charge in [0, 0.05) is 68.4 Å². The maximum atomic E-state index is 14.9. The van der Waals surface area contributed by atoms with E-state index in [1.165, 1.54) is 56.5 Å². The zero-order valence-corrected chi connectivity index (χ0v) is 40.4. The third kappa shape index (κ3) is 8.91. The molecule has 2 saturated heterocycles. The van der Waals surface area contributed by atoms with Gasteiger partial charge in [0.05, 0.1) is 39.0 Å². The average molecular weight is 978 g/mol. The van der Waals surface area contributed by atoms with Gasteiger partial charge in [-0.15, -0.1) is 0 Å². The first-order chi connectivity index (χ1) is 33.7. The number of aromatic nitrogens is 2. The summed E-state index contributed by atoms with van der Waals surface area (Å²) in [6.07, 6.45) is 12.0. The first-order valence-electron chi connectivity index (χ1n) is 24.9. The number of sulfonamides is 1. The number of halogens is 1. The second-order valence-electron chi connectivity index (χ2n) is 20.8. The van der Waals surface area contributed by atoms with Gasteiger partial charge < -0.3 is 34.5 Å². The fourth-order valence-electron chi connectivity index (χ4n) is 12.0. The smallest absolute Gasteiger partial charge is 0.297 e. The second kappa shape index (κ2) is 18.0. The molecule has 370 valence electrons. The van der Waals surface area contributed by atoms with E-state index in [1.54, 1.807) is 37.1 Å². The number of ether oxygens (including phenoxy) is 3. The van der Waals surface area contributed by atoms with Crippen LogP contribution in [0.4, 0.5) is 21.5 Å². The van der Waals surface area contributed by atoms with Crippen molar-refractivity contribution in [2.45, 2.75) is 119 Å². The maximum Gasteiger partial charge on any atom is 0.297 e. The Morgan fingerprint density at radius 2 is 1.76 bits per heavy atom. The number of carbonyl (C=O) groups excluding carboxylic acids is 1. The van der Waals surface area contributed by atoms with Crippen molar-refractivity contribution >= 4 is 44.0 Å². The van der Waals surface area contributed by atoms with Crippen LogP contribution < -0.4 is 29.1 Å². The monoisotopic (exact) mass is 977 g/mol. The zero-order valence-electron chi connectivity index (χ0n) is 39.5. The molecule has 16 nitrogen and oxygen atoms in total. The van der Waals surface area contributed by atoms with E-state index < -0.39 is 42.9 Å². The summed E-state index contributed by atoms with van der Waals surface area (Å²) in [5.74, 6) is -0.283. The lowest BCUT2D eigenvalue weighted by Crippen LogP contribution is -2.63. The van der Waals surface area contributed by atoms with Gasteiger partial charge >= 0.3 is 0 Å². The first kappa shape index (κ1) is 46.4. The summed E-state index contributed by atoms with van der Waals surface area (Å²) in [5, 5.41) is 26.3. The molecule has 5 heterocycles. The summed E-state index contributed by atoms with van der Waals surface area (Å²) in [5.41, 5.74) is 2.92. The van der Waals surface area contributed by atoms with Crippen molar-refractivity contribution < 1.29 is 41.8 Å². The van der Waals surface area contributed by atoms with Crippen LogP contribution in [0.15, 0.2) is 71.8 Å². The number of amides is 1. The number of carbonyl (C=O) groups is 1. The molecule has 70 heavy (non-hydrogen) atoms. The topological polar surface area (TPSA) is 201 Å². The van der Waals surface area contributed by atoms with Crippen LogP contribution in [0.5, 0.6) is 23.1 Å². The van der Waals surface area contributed by atoms with Gasteiger partial charge in [0.25, 0.3) is 27.5 Å². The molecule has 0 bridgehead atoms. The third-order valence-electron chi connectivity index (χ3n) is 16.1. The van der Waals surface area contributed by atoms with Crippen LogP contribution in [0.1, 0.15) is 118 Å². The number of pyridine rings is 1. The van der Waals surface area contributed by atoms with Gasteiger partial charge in [-0.1, -0.05) is 30.7 Å². The number of nitrogens with one attached hydrogen (secondary N) is 3. The number of fused-ring (bicyclic) bond motifs is 2. The molecule has 1 unspecified atom stereocenters. The van der Waals surface area contributed by atoms with Gasteiger partial charge in [-0.25, -0.2) is 17.5 Å². The number of piperidine rings is 1. The summed E-state index contributed by atoms with van der Waals surface area (Å²) >= 11 is 0. The predicted molar refractivity (Wildman–Crippen MR) is 261 cm³/mol. The second-order valence-corrected chi connectivity index (χ2v) is 22.5. The molecule has 3 saturated carbocycles. The quantitative estimate of drug-likeness (QED) is 0.0643. The minimum Gasteiger partial charge on any atom is -0.489 e. The zero-order chi connectivity index (χ0) is 48.5. The Kier molecular flexibility index (Phi) is 11.9. The molecule has 1 spiro atoms. The maximum absolute atomic E-state index is 14.9. The van der Waals surface area contributed by atoms with Crippen LogP contribution in [0, 0.1) is 27.3 Å². The molecule has 2 aromatic heterocycles. The number of nitro groups is 1. The van der Waals surface area contributed by atoms with Crippen LogP contribution in [0.25, 0.3) is 11.0 Å². The van der Waals surface area contributed by atoms with E-state index in [1.807, 2.05) is 0 Å². The Morgan fingerprint density at radius 3 is 2.49 bits per heavy atom. The van der Waals surface area contributed by atoms with Crippen LogP contribution in [0.3, 0.4) is 0 Å². The van der Waals surface area contributed by atoms with Crippen LogP contribution in [-0.2, 0) is 10.0 Å². The van der Waals surface area contributed by atoms with Gasteiger partial charge in [-0.2, -0.15) is 4.98 Å². The van der Waals surface area contributed by atoms with Gasteiger partial charge in [0.15, 0.2) is 17.2 Å². The minimum absolute atomic E-state index is 0.00547. The first-order valence-corrected chi connectivity index (χ1v) is 26.4. The van der Waals surface area contributed by atoms with Gasteiger partial charge in [0.1, 0.15) is 23.8 Å². The number of rotatable bonds is 13. The summed E-state index contributed by atoms with van der Waals surface area (Å²) < 4.78 is 63.4. The number of nitrogens with zero attached hydrogens (tertiary/aromatic N) is 4. The molecule has 11 rings (SSSR count). The van der Waals surface area contributed by atoms with Crippen LogP contribution in [0.2, 0.25) is 0 Å². The SMILES string of the molecule is CCOc1nc2[nH]cc(F)c2cc1Oc1cc(N2CCC3(CC2)CN(C2CCC[C@@H]2c2ccccc2C2CC2)C3)ccc1C(=O)NS(=O)(=O)c1cc2c(c([N+](=O)[O-])c1)N[C@@H]([C@H]1CC[C@](C)(O)CC1)CO2. The van der Waals surface area contributed by atoms with E-state index in [4.69, 9.17) is 14.2 Å². The number of benzene rings is 3. The third-order valence-corrected chi connectivity index (χ3v) is 17.4. The summed E-state index contributed by atoms with van der Waals surface area (Å²) in [6.45, 7) is 7.54. The molecule has 3 aliphatic carbocycles. The summed E-state index contributed by atoms with van der Waals surface area (Å²) in [4.78, 5) is 37.7. The van der Waals surface area contributed by atoms with Crippen LogP contribution in [-0.4, -0.2) is 96.3 Å². The van der Waals surface area contributed by atoms with Crippen molar-refractivity contribution in [1.29, 1.82) is 0 Å². The molecule has 1 amide bonds. The highest BCUT2D eigenvalue weighted by atomic mass is 32.2. The van der Waals surface area contributed by atoms with E-state index >= 15 is 0 Å². The molecule has 18 heteroatoms. The number of aromatic amines is 1.